The molecule has 2 heterocycles. The first kappa shape index (κ1) is 18.2. The molecule has 0 fully saturated rings. The highest BCUT2D eigenvalue weighted by atomic mass is 16.7. The molecule has 128 valence electrons. The second-order valence-electron chi connectivity index (χ2n) is 6.03. The summed E-state index contributed by atoms with van der Waals surface area (Å²) in [6.07, 6.45) is 6.30. The van der Waals surface area contributed by atoms with E-state index in [0.717, 1.165) is 0 Å². The van der Waals surface area contributed by atoms with Crippen molar-refractivity contribution in [1.29, 1.82) is 0 Å². The van der Waals surface area contributed by atoms with Crippen molar-refractivity contribution in [2.75, 3.05) is 6.61 Å². The summed E-state index contributed by atoms with van der Waals surface area (Å²) in [6, 6.07) is 6.61. The second kappa shape index (κ2) is 7.61. The normalized spacial score (nSPS) is 13.9. The Hall–Kier alpha value is -2.16. The predicted molar refractivity (Wildman–Crippen MR) is 88.4 cm³/mol. The standard InChI is InChI=1S/C16H21BN2O5/c1-15(2,20)16(3,21)12-22-17(23-13-4-8-18-9-5-13)24-14-6-10-19-11-7-14/h4-11,20-21H,12H2,1-3H3. The first-order valence-electron chi connectivity index (χ1n) is 7.48. The van der Waals surface area contributed by atoms with Gasteiger partial charge in [-0.05, 0) is 45.0 Å². The summed E-state index contributed by atoms with van der Waals surface area (Å²) >= 11 is 0. The zero-order chi connectivity index (χ0) is 17.6. The van der Waals surface area contributed by atoms with E-state index < -0.39 is 18.5 Å². The van der Waals surface area contributed by atoms with Crippen LogP contribution in [0.4, 0.5) is 0 Å². The minimum atomic E-state index is -1.49. The maximum Gasteiger partial charge on any atom is 0.788 e. The molecule has 0 aliphatic carbocycles. The lowest BCUT2D eigenvalue weighted by Gasteiger charge is -2.35. The van der Waals surface area contributed by atoms with Gasteiger partial charge in [-0.1, -0.05) is 0 Å². The average molecular weight is 332 g/mol. The Balaban J connectivity index is 2.07. The fourth-order valence-electron chi connectivity index (χ4n) is 1.55. The Labute approximate surface area is 141 Å². The van der Waals surface area contributed by atoms with Crippen LogP contribution < -0.4 is 9.31 Å². The van der Waals surface area contributed by atoms with Gasteiger partial charge in [-0.3, -0.25) is 9.97 Å². The van der Waals surface area contributed by atoms with Crippen molar-refractivity contribution in [3.8, 4) is 11.5 Å². The lowest BCUT2D eigenvalue weighted by molar-refractivity contribution is -0.141. The highest BCUT2D eigenvalue weighted by Crippen LogP contribution is 2.22. The molecule has 0 radical (unpaired) electrons. The van der Waals surface area contributed by atoms with Gasteiger partial charge in [-0.2, -0.15) is 0 Å². The number of hydrogen-bond donors (Lipinski definition) is 2. The lowest BCUT2D eigenvalue weighted by Crippen LogP contribution is -2.53. The molecule has 1 atom stereocenters. The van der Waals surface area contributed by atoms with Crippen LogP contribution in [0.1, 0.15) is 20.8 Å². The van der Waals surface area contributed by atoms with Gasteiger partial charge in [0, 0.05) is 24.8 Å². The summed E-state index contributed by atoms with van der Waals surface area (Å²) in [4.78, 5) is 7.82. The number of nitrogens with zero attached hydrogens (tertiary/aromatic N) is 2. The van der Waals surface area contributed by atoms with Gasteiger partial charge in [-0.15, -0.1) is 0 Å². The molecule has 0 saturated carbocycles. The maximum absolute atomic E-state index is 10.3. The van der Waals surface area contributed by atoms with Gasteiger partial charge >= 0.3 is 7.32 Å². The Bertz CT molecular complexity index is 578. The minimum absolute atomic E-state index is 0.197. The van der Waals surface area contributed by atoms with Crippen LogP contribution in [0.2, 0.25) is 0 Å². The molecule has 0 aliphatic heterocycles. The molecule has 0 spiro atoms. The van der Waals surface area contributed by atoms with Crippen LogP contribution in [-0.2, 0) is 4.65 Å². The third-order valence-electron chi connectivity index (χ3n) is 3.58. The zero-order valence-corrected chi connectivity index (χ0v) is 13.9. The van der Waals surface area contributed by atoms with E-state index in [1.165, 1.54) is 20.8 Å². The molecule has 0 aliphatic rings. The van der Waals surface area contributed by atoms with E-state index in [2.05, 4.69) is 9.97 Å². The smallest absolute Gasteiger partial charge is 0.501 e. The Morgan fingerprint density at radius 3 is 1.67 bits per heavy atom. The fourth-order valence-corrected chi connectivity index (χ4v) is 1.55. The van der Waals surface area contributed by atoms with E-state index in [-0.39, 0.29) is 6.61 Å². The quantitative estimate of drug-likeness (QED) is 0.707. The molecule has 24 heavy (non-hydrogen) atoms. The number of pyridine rings is 2. The lowest BCUT2D eigenvalue weighted by atomic mass is 9.88. The topological polar surface area (TPSA) is 93.9 Å². The monoisotopic (exact) mass is 332 g/mol. The van der Waals surface area contributed by atoms with Crippen molar-refractivity contribution in [3.63, 3.8) is 0 Å². The summed E-state index contributed by atoms with van der Waals surface area (Å²) in [7, 11) is -1.12. The molecule has 2 aromatic heterocycles. The SMILES string of the molecule is CC(C)(O)C(C)(O)COB(Oc1ccncc1)Oc1ccncc1. The summed E-state index contributed by atoms with van der Waals surface area (Å²) in [5, 5.41) is 20.3. The largest absolute Gasteiger partial charge is 0.788 e. The van der Waals surface area contributed by atoms with Gasteiger partial charge in [0.1, 0.15) is 17.1 Å². The molecule has 1 unspecified atom stereocenters. The molecular formula is C16H21BN2O5. The molecule has 2 N–H and O–H groups in total. The first-order chi connectivity index (χ1) is 11.3. The van der Waals surface area contributed by atoms with E-state index in [0.29, 0.717) is 11.5 Å². The van der Waals surface area contributed by atoms with E-state index >= 15 is 0 Å². The number of aromatic nitrogens is 2. The number of rotatable bonds is 8. The highest BCUT2D eigenvalue weighted by molar-refractivity contribution is 6.38. The van der Waals surface area contributed by atoms with Crippen LogP contribution in [0.15, 0.2) is 49.1 Å². The van der Waals surface area contributed by atoms with Crippen LogP contribution in [-0.4, -0.2) is 45.3 Å². The van der Waals surface area contributed by atoms with Gasteiger partial charge in [0.25, 0.3) is 0 Å². The molecule has 8 heteroatoms. The Morgan fingerprint density at radius 2 is 1.29 bits per heavy atom. The summed E-state index contributed by atoms with van der Waals surface area (Å²) in [5.41, 5.74) is -2.85. The Kier molecular flexibility index (Phi) is 5.77. The van der Waals surface area contributed by atoms with Gasteiger partial charge in [0.05, 0.1) is 12.2 Å². The van der Waals surface area contributed by atoms with Crippen LogP contribution in [0, 0.1) is 0 Å². The summed E-state index contributed by atoms with van der Waals surface area (Å²) in [5.74, 6) is 0.985. The Morgan fingerprint density at radius 1 is 0.875 bits per heavy atom. The van der Waals surface area contributed by atoms with Crippen molar-refractivity contribution in [2.24, 2.45) is 0 Å². The molecule has 0 amide bonds. The highest BCUT2D eigenvalue weighted by Gasteiger charge is 2.40. The van der Waals surface area contributed by atoms with Crippen LogP contribution in [0.3, 0.4) is 0 Å². The van der Waals surface area contributed by atoms with Crippen molar-refractivity contribution in [1.82, 2.24) is 9.97 Å². The average Bonchev–Trinajstić information content (AvgIpc) is 2.53. The van der Waals surface area contributed by atoms with E-state index in [1.54, 1.807) is 49.1 Å². The second-order valence-corrected chi connectivity index (χ2v) is 6.03. The number of aliphatic hydroxyl groups is 2. The van der Waals surface area contributed by atoms with Crippen LogP contribution in [0.5, 0.6) is 11.5 Å². The van der Waals surface area contributed by atoms with Gasteiger partial charge in [0.15, 0.2) is 0 Å². The van der Waals surface area contributed by atoms with E-state index in [4.69, 9.17) is 14.0 Å². The minimum Gasteiger partial charge on any atom is -0.501 e. The molecule has 0 bridgehead atoms. The zero-order valence-electron chi connectivity index (χ0n) is 13.9. The number of hydrogen-bond acceptors (Lipinski definition) is 7. The predicted octanol–water partition coefficient (Wildman–Crippen LogP) is 1.46. The van der Waals surface area contributed by atoms with Crippen molar-refractivity contribution >= 4 is 7.32 Å². The van der Waals surface area contributed by atoms with Gasteiger partial charge in [0.2, 0.25) is 0 Å². The third kappa shape index (κ3) is 5.19. The molecular weight excluding hydrogens is 311 g/mol. The van der Waals surface area contributed by atoms with Crippen molar-refractivity contribution in [2.45, 2.75) is 32.0 Å². The van der Waals surface area contributed by atoms with Crippen LogP contribution >= 0.6 is 0 Å². The molecule has 7 nitrogen and oxygen atoms in total. The third-order valence-corrected chi connectivity index (χ3v) is 3.58. The van der Waals surface area contributed by atoms with Crippen LogP contribution in [0.25, 0.3) is 0 Å². The molecule has 2 aromatic rings. The van der Waals surface area contributed by atoms with Crippen molar-refractivity contribution in [3.05, 3.63) is 49.1 Å². The fraction of sp³-hybridized carbons (Fsp3) is 0.375. The molecule has 0 aromatic carbocycles. The summed E-state index contributed by atoms with van der Waals surface area (Å²) < 4.78 is 16.8. The van der Waals surface area contributed by atoms with E-state index in [1.807, 2.05) is 0 Å². The molecule has 2 rings (SSSR count). The molecule has 0 saturated heterocycles. The summed E-state index contributed by atoms with van der Waals surface area (Å²) in [6.45, 7) is 4.28. The van der Waals surface area contributed by atoms with Crippen molar-refractivity contribution < 1.29 is 24.2 Å². The van der Waals surface area contributed by atoms with Gasteiger partial charge in [-0.25, -0.2) is 0 Å². The maximum atomic E-state index is 10.3. The first-order valence-corrected chi connectivity index (χ1v) is 7.48. The van der Waals surface area contributed by atoms with E-state index in [9.17, 15) is 10.2 Å². The van der Waals surface area contributed by atoms with Gasteiger partial charge < -0.3 is 24.2 Å².